The van der Waals surface area contributed by atoms with Gasteiger partial charge in [0.1, 0.15) is 16.4 Å². The second kappa shape index (κ2) is 5.57. The first kappa shape index (κ1) is 12.5. The van der Waals surface area contributed by atoms with E-state index in [0.717, 1.165) is 0 Å². The molecule has 0 atom stereocenters. The van der Waals surface area contributed by atoms with Crippen LogP contribution in [0.4, 0.5) is 0 Å². The van der Waals surface area contributed by atoms with Crippen molar-refractivity contribution >= 4 is 17.2 Å². The molecule has 1 aromatic carbocycles. The summed E-state index contributed by atoms with van der Waals surface area (Å²) in [7, 11) is 0. The number of benzene rings is 1. The summed E-state index contributed by atoms with van der Waals surface area (Å²) in [5, 5.41) is 9.23. The number of rotatable bonds is 4. The summed E-state index contributed by atoms with van der Waals surface area (Å²) in [5.74, 6) is 1.04. The van der Waals surface area contributed by atoms with Crippen LogP contribution in [0.25, 0.3) is 0 Å². The predicted molar refractivity (Wildman–Crippen MR) is 72.6 cm³/mol. The lowest BCUT2D eigenvalue weighted by atomic mass is 10.2. The average molecular weight is 260 g/mol. The summed E-state index contributed by atoms with van der Waals surface area (Å²) in [6, 6.07) is 10.7. The predicted octanol–water partition coefficient (Wildman–Crippen LogP) is 2.00. The molecule has 1 heterocycles. The van der Waals surface area contributed by atoms with Crippen molar-refractivity contribution in [3.8, 4) is 11.5 Å². The molecule has 0 fully saturated rings. The zero-order chi connectivity index (χ0) is 13.0. The summed E-state index contributed by atoms with van der Waals surface area (Å²) in [5.41, 5.74) is 6.70. The fourth-order valence-electron chi connectivity index (χ4n) is 1.51. The quantitative estimate of drug-likeness (QED) is 0.823. The standard InChI is InChI=1S/C13H12N2O2S/c14-13(18)12-11(6-3-7-15-12)17-10-5-2-1-4-9(10)8-16/h1-7,16H,8H2,(H2,14,18). The van der Waals surface area contributed by atoms with Crippen molar-refractivity contribution in [2.45, 2.75) is 6.61 Å². The molecule has 18 heavy (non-hydrogen) atoms. The van der Waals surface area contributed by atoms with E-state index in [1.807, 2.05) is 12.1 Å². The molecule has 92 valence electrons. The molecule has 5 heteroatoms. The lowest BCUT2D eigenvalue weighted by molar-refractivity contribution is 0.276. The van der Waals surface area contributed by atoms with Gasteiger partial charge in [-0.3, -0.25) is 0 Å². The SMILES string of the molecule is NC(=S)c1ncccc1Oc1ccccc1CO. The number of ether oxygens (including phenoxy) is 1. The first-order valence-electron chi connectivity index (χ1n) is 5.34. The first-order chi connectivity index (χ1) is 8.72. The van der Waals surface area contributed by atoms with Gasteiger partial charge in [-0.1, -0.05) is 30.4 Å². The minimum absolute atomic E-state index is 0.0984. The third-order valence-electron chi connectivity index (χ3n) is 2.37. The normalized spacial score (nSPS) is 10.1. The van der Waals surface area contributed by atoms with Crippen molar-refractivity contribution in [3.63, 3.8) is 0 Å². The molecule has 0 bridgehead atoms. The Morgan fingerprint density at radius 2 is 1.94 bits per heavy atom. The molecule has 0 aliphatic carbocycles. The highest BCUT2D eigenvalue weighted by Crippen LogP contribution is 2.26. The zero-order valence-corrected chi connectivity index (χ0v) is 10.4. The summed E-state index contributed by atoms with van der Waals surface area (Å²) in [6.45, 7) is -0.0984. The number of nitrogens with zero attached hydrogens (tertiary/aromatic N) is 1. The highest BCUT2D eigenvalue weighted by atomic mass is 32.1. The van der Waals surface area contributed by atoms with Crippen LogP contribution in [-0.2, 0) is 6.61 Å². The van der Waals surface area contributed by atoms with Crippen LogP contribution in [0, 0.1) is 0 Å². The fraction of sp³-hybridized carbons (Fsp3) is 0.0769. The van der Waals surface area contributed by atoms with Gasteiger partial charge in [0.15, 0.2) is 5.75 Å². The lowest BCUT2D eigenvalue weighted by Crippen LogP contribution is -2.12. The maximum atomic E-state index is 9.23. The van der Waals surface area contributed by atoms with Crippen LogP contribution in [0.15, 0.2) is 42.6 Å². The van der Waals surface area contributed by atoms with Gasteiger partial charge in [0, 0.05) is 11.8 Å². The van der Waals surface area contributed by atoms with Crippen molar-refractivity contribution in [1.29, 1.82) is 0 Å². The molecule has 2 aromatic rings. The van der Waals surface area contributed by atoms with Gasteiger partial charge in [0.05, 0.1) is 6.61 Å². The number of para-hydroxylation sites is 1. The number of hydrogen-bond donors (Lipinski definition) is 2. The number of pyridine rings is 1. The summed E-state index contributed by atoms with van der Waals surface area (Å²) >= 11 is 4.91. The van der Waals surface area contributed by atoms with Crippen LogP contribution < -0.4 is 10.5 Å². The average Bonchev–Trinajstić information content (AvgIpc) is 2.40. The molecule has 2 rings (SSSR count). The Morgan fingerprint density at radius 3 is 2.67 bits per heavy atom. The first-order valence-corrected chi connectivity index (χ1v) is 5.74. The van der Waals surface area contributed by atoms with E-state index in [9.17, 15) is 5.11 Å². The number of nitrogens with two attached hydrogens (primary N) is 1. The zero-order valence-electron chi connectivity index (χ0n) is 9.54. The van der Waals surface area contributed by atoms with Crippen LogP contribution >= 0.6 is 12.2 Å². The molecule has 0 unspecified atom stereocenters. The monoisotopic (exact) mass is 260 g/mol. The molecule has 3 N–H and O–H groups in total. The van der Waals surface area contributed by atoms with Gasteiger partial charge in [0.2, 0.25) is 0 Å². The van der Waals surface area contributed by atoms with E-state index >= 15 is 0 Å². The Balaban J connectivity index is 2.37. The van der Waals surface area contributed by atoms with Crippen LogP contribution in [-0.4, -0.2) is 15.1 Å². The van der Waals surface area contributed by atoms with Crippen molar-refractivity contribution in [2.75, 3.05) is 0 Å². The number of hydrogen-bond acceptors (Lipinski definition) is 4. The Bertz CT molecular complexity index is 572. The number of thiocarbonyl (C=S) groups is 1. The van der Waals surface area contributed by atoms with E-state index in [4.69, 9.17) is 22.7 Å². The molecule has 1 aromatic heterocycles. The van der Waals surface area contributed by atoms with E-state index in [0.29, 0.717) is 22.8 Å². The minimum Gasteiger partial charge on any atom is -0.455 e. The molecular weight excluding hydrogens is 248 g/mol. The molecule has 4 nitrogen and oxygen atoms in total. The number of aromatic nitrogens is 1. The molecule has 0 spiro atoms. The van der Waals surface area contributed by atoms with Crippen molar-refractivity contribution in [3.05, 3.63) is 53.9 Å². The van der Waals surface area contributed by atoms with Crippen molar-refractivity contribution in [1.82, 2.24) is 4.98 Å². The highest BCUT2D eigenvalue weighted by molar-refractivity contribution is 7.80. The van der Waals surface area contributed by atoms with Crippen molar-refractivity contribution in [2.24, 2.45) is 5.73 Å². The van der Waals surface area contributed by atoms with Gasteiger partial charge >= 0.3 is 0 Å². The topological polar surface area (TPSA) is 68.4 Å². The summed E-state index contributed by atoms with van der Waals surface area (Å²) in [4.78, 5) is 4.25. The molecule has 0 aliphatic heterocycles. The van der Waals surface area contributed by atoms with Crippen molar-refractivity contribution < 1.29 is 9.84 Å². The van der Waals surface area contributed by atoms with Gasteiger partial charge < -0.3 is 15.6 Å². The van der Waals surface area contributed by atoms with E-state index in [-0.39, 0.29) is 11.6 Å². The van der Waals surface area contributed by atoms with Gasteiger partial charge in [-0.2, -0.15) is 0 Å². The second-order valence-electron chi connectivity index (χ2n) is 3.58. The Morgan fingerprint density at radius 1 is 1.22 bits per heavy atom. The second-order valence-corrected chi connectivity index (χ2v) is 4.02. The van der Waals surface area contributed by atoms with Gasteiger partial charge in [-0.25, -0.2) is 4.98 Å². The van der Waals surface area contributed by atoms with Gasteiger partial charge in [-0.05, 0) is 18.2 Å². The van der Waals surface area contributed by atoms with E-state index in [1.165, 1.54) is 0 Å². The molecule has 0 amide bonds. The maximum Gasteiger partial charge on any atom is 0.156 e. The van der Waals surface area contributed by atoms with Crippen LogP contribution in [0.2, 0.25) is 0 Å². The minimum atomic E-state index is -0.0984. The molecule has 0 aliphatic rings. The van der Waals surface area contributed by atoms with Gasteiger partial charge in [-0.15, -0.1) is 0 Å². The van der Waals surface area contributed by atoms with Crippen LogP contribution in [0.3, 0.4) is 0 Å². The molecule has 0 saturated heterocycles. The van der Waals surface area contributed by atoms with E-state index in [2.05, 4.69) is 4.98 Å². The molecule has 0 radical (unpaired) electrons. The Hall–Kier alpha value is -1.98. The smallest absolute Gasteiger partial charge is 0.156 e. The lowest BCUT2D eigenvalue weighted by Gasteiger charge is -2.11. The Labute approximate surface area is 110 Å². The summed E-state index contributed by atoms with van der Waals surface area (Å²) in [6.07, 6.45) is 1.60. The fourth-order valence-corrected chi connectivity index (χ4v) is 1.66. The van der Waals surface area contributed by atoms with Crippen LogP contribution in [0.1, 0.15) is 11.3 Å². The third kappa shape index (κ3) is 2.64. The van der Waals surface area contributed by atoms with E-state index < -0.39 is 0 Å². The third-order valence-corrected chi connectivity index (χ3v) is 2.56. The summed E-state index contributed by atoms with van der Waals surface area (Å²) < 4.78 is 5.70. The largest absolute Gasteiger partial charge is 0.455 e. The number of aliphatic hydroxyl groups excluding tert-OH is 1. The van der Waals surface area contributed by atoms with E-state index in [1.54, 1.807) is 30.5 Å². The molecular formula is C13H12N2O2S. The van der Waals surface area contributed by atoms with Crippen LogP contribution in [0.5, 0.6) is 11.5 Å². The Kier molecular flexibility index (Phi) is 3.86. The highest BCUT2D eigenvalue weighted by Gasteiger charge is 2.10. The number of aliphatic hydroxyl groups is 1. The molecule has 0 saturated carbocycles. The maximum absolute atomic E-state index is 9.23. The van der Waals surface area contributed by atoms with Gasteiger partial charge in [0.25, 0.3) is 0 Å².